The van der Waals surface area contributed by atoms with E-state index in [-0.39, 0.29) is 6.03 Å². The van der Waals surface area contributed by atoms with Crippen LogP contribution in [-0.2, 0) is 4.74 Å². The predicted molar refractivity (Wildman–Crippen MR) is 57.4 cm³/mol. The van der Waals surface area contributed by atoms with E-state index >= 15 is 0 Å². The Labute approximate surface area is 86.6 Å². The third-order valence-electron chi connectivity index (χ3n) is 1.79. The van der Waals surface area contributed by atoms with E-state index in [1.807, 2.05) is 0 Å². The summed E-state index contributed by atoms with van der Waals surface area (Å²) in [7, 11) is 3.46. The van der Waals surface area contributed by atoms with Gasteiger partial charge in [-0.3, -0.25) is 0 Å². The van der Waals surface area contributed by atoms with Crippen LogP contribution in [0.2, 0.25) is 0 Å². The van der Waals surface area contributed by atoms with Gasteiger partial charge in [0.2, 0.25) is 0 Å². The highest BCUT2D eigenvalue weighted by molar-refractivity contribution is 5.73. The first kappa shape index (κ1) is 13.2. The fourth-order valence-electron chi connectivity index (χ4n) is 0.876. The largest absolute Gasteiger partial charge is 0.381 e. The summed E-state index contributed by atoms with van der Waals surface area (Å²) in [4.78, 5) is 12.6. The normalized spacial score (nSPS) is 9.93. The molecule has 0 aliphatic carbocycles. The molecular weight excluding hydrogens is 180 g/mol. The lowest BCUT2D eigenvalue weighted by Crippen LogP contribution is -2.35. The van der Waals surface area contributed by atoms with E-state index in [1.54, 1.807) is 14.1 Å². The van der Waals surface area contributed by atoms with Crippen LogP contribution in [0.25, 0.3) is 0 Å². The molecule has 0 aliphatic rings. The molecule has 14 heavy (non-hydrogen) atoms. The first-order valence-corrected chi connectivity index (χ1v) is 5.21. The number of unbranched alkanes of at least 4 members (excludes halogenated alkanes) is 1. The van der Waals surface area contributed by atoms with Crippen molar-refractivity contribution in [1.82, 2.24) is 10.2 Å². The van der Waals surface area contributed by atoms with Gasteiger partial charge in [0.15, 0.2) is 0 Å². The Morgan fingerprint density at radius 1 is 1.29 bits per heavy atom. The minimum atomic E-state index is -0.0430. The number of carbonyl (C=O) groups is 1. The number of ether oxygens (including phenoxy) is 1. The summed E-state index contributed by atoms with van der Waals surface area (Å²) in [6.07, 6.45) is 3.16. The number of nitrogens with one attached hydrogen (secondary N) is 1. The lowest BCUT2D eigenvalue weighted by Gasteiger charge is -2.11. The number of nitrogens with zero attached hydrogens (tertiary/aromatic N) is 1. The summed E-state index contributed by atoms with van der Waals surface area (Å²) in [5.41, 5.74) is 0. The van der Waals surface area contributed by atoms with E-state index in [0.29, 0.717) is 6.54 Å². The zero-order chi connectivity index (χ0) is 10.8. The maximum Gasteiger partial charge on any atom is 0.316 e. The fourth-order valence-corrected chi connectivity index (χ4v) is 0.876. The van der Waals surface area contributed by atoms with Gasteiger partial charge in [0.1, 0.15) is 0 Å². The maximum atomic E-state index is 11.1. The standard InChI is InChI=1S/C10H22N2O2/c1-4-5-8-14-9-6-7-11-10(13)12(2)3/h4-9H2,1-3H3,(H,11,13). The zero-order valence-corrected chi connectivity index (χ0v) is 9.51. The molecule has 0 rings (SSSR count). The topological polar surface area (TPSA) is 41.6 Å². The van der Waals surface area contributed by atoms with Gasteiger partial charge in [0, 0.05) is 33.9 Å². The first-order valence-electron chi connectivity index (χ1n) is 5.21. The molecule has 0 radical (unpaired) electrons. The van der Waals surface area contributed by atoms with Gasteiger partial charge in [-0.15, -0.1) is 0 Å². The minimum absolute atomic E-state index is 0.0430. The highest BCUT2D eigenvalue weighted by atomic mass is 16.5. The summed E-state index contributed by atoms with van der Waals surface area (Å²) in [6.45, 7) is 4.38. The van der Waals surface area contributed by atoms with Crippen molar-refractivity contribution in [3.63, 3.8) is 0 Å². The molecule has 4 nitrogen and oxygen atoms in total. The number of carbonyl (C=O) groups excluding carboxylic acids is 1. The van der Waals surface area contributed by atoms with Gasteiger partial charge in [0.25, 0.3) is 0 Å². The van der Waals surface area contributed by atoms with Gasteiger partial charge < -0.3 is 15.0 Å². The third-order valence-corrected chi connectivity index (χ3v) is 1.79. The molecule has 84 valence electrons. The van der Waals surface area contributed by atoms with Crippen molar-refractivity contribution in [2.75, 3.05) is 33.9 Å². The smallest absolute Gasteiger partial charge is 0.316 e. The number of amides is 2. The molecule has 0 aromatic heterocycles. The summed E-state index contributed by atoms with van der Waals surface area (Å²) < 4.78 is 5.35. The van der Waals surface area contributed by atoms with Crippen LogP contribution < -0.4 is 5.32 Å². The molecule has 0 aliphatic heterocycles. The van der Waals surface area contributed by atoms with Crippen molar-refractivity contribution in [3.05, 3.63) is 0 Å². The van der Waals surface area contributed by atoms with Crippen molar-refractivity contribution in [2.45, 2.75) is 26.2 Å². The van der Waals surface area contributed by atoms with Gasteiger partial charge in [-0.1, -0.05) is 13.3 Å². The Morgan fingerprint density at radius 2 is 1.93 bits per heavy atom. The average molecular weight is 202 g/mol. The average Bonchev–Trinajstić information content (AvgIpc) is 2.16. The van der Waals surface area contributed by atoms with E-state index in [4.69, 9.17) is 4.74 Å². The van der Waals surface area contributed by atoms with E-state index in [9.17, 15) is 4.79 Å². The SMILES string of the molecule is CCCCOCCCNC(=O)N(C)C. The van der Waals surface area contributed by atoms with Crippen LogP contribution in [0.5, 0.6) is 0 Å². The van der Waals surface area contributed by atoms with Gasteiger partial charge in [0.05, 0.1) is 0 Å². The summed E-state index contributed by atoms with van der Waals surface area (Å²) in [6, 6.07) is -0.0430. The Kier molecular flexibility index (Phi) is 8.33. The summed E-state index contributed by atoms with van der Waals surface area (Å²) in [5, 5.41) is 2.78. The van der Waals surface area contributed by atoms with Crippen LogP contribution in [0.1, 0.15) is 26.2 Å². The molecule has 1 N–H and O–H groups in total. The lowest BCUT2D eigenvalue weighted by molar-refractivity contribution is 0.128. The second kappa shape index (κ2) is 8.81. The van der Waals surface area contributed by atoms with Crippen molar-refractivity contribution in [1.29, 1.82) is 0 Å². The van der Waals surface area contributed by atoms with Gasteiger partial charge >= 0.3 is 6.03 Å². The van der Waals surface area contributed by atoms with Crippen molar-refractivity contribution >= 4 is 6.03 Å². The minimum Gasteiger partial charge on any atom is -0.381 e. The second-order valence-electron chi connectivity index (χ2n) is 3.45. The molecular formula is C10H22N2O2. The molecule has 2 amide bonds. The van der Waals surface area contributed by atoms with Gasteiger partial charge in [-0.05, 0) is 12.8 Å². The number of hydrogen-bond donors (Lipinski definition) is 1. The van der Waals surface area contributed by atoms with E-state index in [0.717, 1.165) is 32.5 Å². The van der Waals surface area contributed by atoms with E-state index in [1.165, 1.54) is 4.90 Å². The van der Waals surface area contributed by atoms with Crippen molar-refractivity contribution < 1.29 is 9.53 Å². The molecule has 0 atom stereocenters. The fraction of sp³-hybridized carbons (Fsp3) is 0.900. The van der Waals surface area contributed by atoms with Crippen molar-refractivity contribution in [3.8, 4) is 0 Å². The molecule has 0 heterocycles. The Bertz CT molecular complexity index is 149. The maximum absolute atomic E-state index is 11.1. The quantitative estimate of drug-likeness (QED) is 0.635. The Balaban J connectivity index is 3.10. The van der Waals surface area contributed by atoms with E-state index < -0.39 is 0 Å². The zero-order valence-electron chi connectivity index (χ0n) is 9.51. The van der Waals surface area contributed by atoms with Crippen LogP contribution in [0.4, 0.5) is 4.79 Å². The second-order valence-corrected chi connectivity index (χ2v) is 3.45. The van der Waals surface area contributed by atoms with Crippen LogP contribution in [0, 0.1) is 0 Å². The predicted octanol–water partition coefficient (Wildman–Crippen LogP) is 1.46. The van der Waals surface area contributed by atoms with Crippen LogP contribution in [0.3, 0.4) is 0 Å². The molecule has 0 fully saturated rings. The van der Waals surface area contributed by atoms with E-state index in [2.05, 4.69) is 12.2 Å². The first-order chi connectivity index (χ1) is 6.68. The number of hydrogen-bond acceptors (Lipinski definition) is 2. The van der Waals surface area contributed by atoms with Crippen LogP contribution in [0.15, 0.2) is 0 Å². The molecule has 0 aromatic carbocycles. The van der Waals surface area contributed by atoms with Gasteiger partial charge in [-0.25, -0.2) is 4.79 Å². The number of rotatable bonds is 7. The molecule has 0 bridgehead atoms. The Morgan fingerprint density at radius 3 is 2.50 bits per heavy atom. The summed E-state index contributed by atoms with van der Waals surface area (Å²) in [5.74, 6) is 0. The highest BCUT2D eigenvalue weighted by Gasteiger charge is 2.00. The molecule has 0 saturated carbocycles. The monoisotopic (exact) mass is 202 g/mol. The molecule has 0 aromatic rings. The highest BCUT2D eigenvalue weighted by Crippen LogP contribution is 1.89. The molecule has 0 unspecified atom stereocenters. The van der Waals surface area contributed by atoms with Crippen molar-refractivity contribution in [2.24, 2.45) is 0 Å². The molecule has 0 spiro atoms. The molecule has 0 saturated heterocycles. The lowest BCUT2D eigenvalue weighted by atomic mass is 10.4. The van der Waals surface area contributed by atoms with Gasteiger partial charge in [-0.2, -0.15) is 0 Å². The third kappa shape index (κ3) is 7.86. The summed E-state index contributed by atoms with van der Waals surface area (Å²) >= 11 is 0. The van der Waals surface area contributed by atoms with Crippen LogP contribution >= 0.6 is 0 Å². The Hall–Kier alpha value is -0.770. The number of urea groups is 1. The molecule has 4 heteroatoms. The van der Waals surface area contributed by atoms with Crippen LogP contribution in [-0.4, -0.2) is 44.8 Å².